The van der Waals surface area contributed by atoms with E-state index in [0.717, 1.165) is 35.5 Å². The summed E-state index contributed by atoms with van der Waals surface area (Å²) in [7, 11) is 3.31. The zero-order valence-electron chi connectivity index (χ0n) is 21.9. The molecule has 2 aliphatic rings. The lowest BCUT2D eigenvalue weighted by atomic mass is 9.89. The Morgan fingerprint density at radius 2 is 1.86 bits per heavy atom. The lowest BCUT2D eigenvalue weighted by Crippen LogP contribution is -2.42. The van der Waals surface area contributed by atoms with Crippen LogP contribution in [0.5, 0.6) is 17.2 Å². The zero-order chi connectivity index (χ0) is 27.3. The fraction of sp³-hybridized carbons (Fsp3) is 0.444. The number of ether oxygens (including phenoxy) is 3. The number of carbonyl (C=O) groups is 1. The van der Waals surface area contributed by atoms with Gasteiger partial charge in [-0.2, -0.15) is 0 Å². The number of carbonyl (C=O) groups excluding carboxylic acids is 1. The van der Waals surface area contributed by atoms with Crippen molar-refractivity contribution >= 4 is 5.91 Å². The molecule has 2 unspecified atom stereocenters. The maximum atomic E-state index is 13.2. The first-order valence-corrected chi connectivity index (χ1v) is 12.0. The van der Waals surface area contributed by atoms with E-state index < -0.39 is 6.36 Å². The number of nitrogens with zero attached hydrogens (tertiary/aromatic N) is 1. The first-order chi connectivity index (χ1) is 17.5. The molecule has 0 spiro atoms. The largest absolute Gasteiger partial charge is 0.573 e. The molecule has 2 heterocycles. The third-order valence-electron chi connectivity index (χ3n) is 6.29. The summed E-state index contributed by atoms with van der Waals surface area (Å²) in [6, 6.07) is 9.61. The van der Waals surface area contributed by atoms with Crippen LogP contribution in [0.3, 0.4) is 0 Å². The van der Waals surface area contributed by atoms with Gasteiger partial charge in [0.15, 0.2) is 0 Å². The molecule has 0 saturated carbocycles. The van der Waals surface area contributed by atoms with Gasteiger partial charge < -0.3 is 23.9 Å². The van der Waals surface area contributed by atoms with E-state index >= 15 is 0 Å². The van der Waals surface area contributed by atoms with E-state index in [0.29, 0.717) is 17.9 Å². The van der Waals surface area contributed by atoms with E-state index in [1.165, 1.54) is 23.8 Å². The molecule has 2 aromatic rings. The maximum Gasteiger partial charge on any atom is 0.573 e. The molecule has 2 atom stereocenters. The van der Waals surface area contributed by atoms with E-state index in [2.05, 4.69) is 23.2 Å². The molecule has 0 saturated heterocycles. The Morgan fingerprint density at radius 1 is 1.14 bits per heavy atom. The minimum absolute atomic E-state index is 0.0230. The van der Waals surface area contributed by atoms with E-state index in [1.54, 1.807) is 27.2 Å². The highest BCUT2D eigenvalue weighted by Gasteiger charge is 2.37. The Bertz CT molecular complexity index is 1130. The highest BCUT2D eigenvalue weighted by Crippen LogP contribution is 2.42. The van der Waals surface area contributed by atoms with Crippen molar-refractivity contribution in [1.82, 2.24) is 10.4 Å². The number of rotatable bonds is 5. The lowest BCUT2D eigenvalue weighted by molar-refractivity contribution is -0.274. The summed E-state index contributed by atoms with van der Waals surface area (Å²) in [5.41, 5.74) is 6.58. The van der Waals surface area contributed by atoms with E-state index in [1.807, 2.05) is 24.8 Å². The highest BCUT2D eigenvalue weighted by molar-refractivity contribution is 5.96. The third-order valence-corrected chi connectivity index (χ3v) is 6.29. The van der Waals surface area contributed by atoms with Crippen molar-refractivity contribution in [2.75, 3.05) is 20.8 Å². The maximum absolute atomic E-state index is 13.2. The summed E-state index contributed by atoms with van der Waals surface area (Å²) >= 11 is 0. The molecular formula is C27H33F3N2O5. The first-order valence-electron chi connectivity index (χ1n) is 12.0. The molecule has 2 aromatic carbocycles. The minimum Gasteiger partial charge on any atom is -0.497 e. The van der Waals surface area contributed by atoms with Crippen molar-refractivity contribution in [1.29, 1.82) is 0 Å². The minimum atomic E-state index is -4.60. The molecule has 1 amide bonds. The quantitative estimate of drug-likeness (QED) is 0.549. The van der Waals surface area contributed by atoms with E-state index in [4.69, 9.17) is 14.3 Å². The number of fused-ring (bicyclic) bond motifs is 1. The number of nitrogens with one attached hydrogen (secondary N) is 1. The molecule has 4 rings (SSSR count). The second-order valence-electron chi connectivity index (χ2n) is 8.85. The summed E-state index contributed by atoms with van der Waals surface area (Å²) in [6.45, 7) is 8.23. The molecule has 0 aromatic heterocycles. The Morgan fingerprint density at radius 3 is 2.41 bits per heavy atom. The number of benzene rings is 2. The van der Waals surface area contributed by atoms with Crippen molar-refractivity contribution in [2.45, 2.75) is 59.0 Å². The van der Waals surface area contributed by atoms with Crippen LogP contribution in [-0.4, -0.2) is 44.0 Å². The lowest BCUT2D eigenvalue weighted by Gasteiger charge is -2.38. The van der Waals surface area contributed by atoms with Gasteiger partial charge in [0.25, 0.3) is 5.91 Å². The van der Waals surface area contributed by atoms with Crippen LogP contribution in [0, 0.1) is 6.92 Å². The average Bonchev–Trinajstić information content (AvgIpc) is 3.19. The number of hydrogen-bond donors (Lipinski definition) is 1. The predicted molar refractivity (Wildman–Crippen MR) is 132 cm³/mol. The van der Waals surface area contributed by atoms with Gasteiger partial charge in [-0.25, -0.2) is 0 Å². The van der Waals surface area contributed by atoms with Crippen LogP contribution < -0.4 is 19.7 Å². The van der Waals surface area contributed by atoms with Gasteiger partial charge >= 0.3 is 6.36 Å². The van der Waals surface area contributed by atoms with Crippen LogP contribution in [0.15, 0.2) is 47.7 Å². The molecule has 37 heavy (non-hydrogen) atoms. The Labute approximate surface area is 215 Å². The molecule has 0 aliphatic carbocycles. The summed E-state index contributed by atoms with van der Waals surface area (Å²) < 4.78 is 49.6. The molecule has 0 fully saturated rings. The number of amides is 1. The number of alkyl halides is 3. The van der Waals surface area contributed by atoms with Crippen LogP contribution in [0.4, 0.5) is 13.2 Å². The normalized spacial score (nSPS) is 18.9. The number of hydroxylamine groups is 1. The van der Waals surface area contributed by atoms with Crippen molar-refractivity contribution in [3.8, 4) is 17.2 Å². The number of hydrogen-bond acceptors (Lipinski definition) is 6. The van der Waals surface area contributed by atoms with Crippen molar-refractivity contribution < 1.29 is 37.0 Å². The van der Waals surface area contributed by atoms with Crippen LogP contribution in [0.1, 0.15) is 49.9 Å². The number of methoxy groups -OCH3 is 2. The highest BCUT2D eigenvalue weighted by atomic mass is 19.4. The smallest absolute Gasteiger partial charge is 0.497 e. The van der Waals surface area contributed by atoms with Gasteiger partial charge in [-0.15, -0.1) is 18.7 Å². The summed E-state index contributed by atoms with van der Waals surface area (Å²) in [5.74, 6) is 2.07. The van der Waals surface area contributed by atoms with Crippen molar-refractivity contribution in [3.63, 3.8) is 0 Å². The van der Waals surface area contributed by atoms with Gasteiger partial charge in [0, 0.05) is 18.2 Å². The molecule has 7 nitrogen and oxygen atoms in total. The zero-order valence-corrected chi connectivity index (χ0v) is 21.9. The predicted octanol–water partition coefficient (Wildman–Crippen LogP) is 5.63. The summed E-state index contributed by atoms with van der Waals surface area (Å²) in [6.07, 6.45) is -3.01. The Hall–Kier alpha value is -3.40. The summed E-state index contributed by atoms with van der Waals surface area (Å²) in [4.78, 5) is 20.5. The Kier molecular flexibility index (Phi) is 8.96. The van der Waals surface area contributed by atoms with Crippen LogP contribution >= 0.6 is 0 Å². The molecule has 0 bridgehead atoms. The topological polar surface area (TPSA) is 69.3 Å². The van der Waals surface area contributed by atoms with Crippen molar-refractivity contribution in [2.24, 2.45) is 0 Å². The number of aryl methyl sites for hydroxylation is 1. The van der Waals surface area contributed by atoms with E-state index in [-0.39, 0.29) is 23.7 Å². The van der Waals surface area contributed by atoms with E-state index in [9.17, 15) is 18.0 Å². The SMILES string of the molecule is CCC1c2c(cc(OC)cc2OC)CCN1C(=O)C1=C(C)ONC1C.Cc1cccc(OC(F)(F)F)c1. The molecule has 202 valence electrons. The third kappa shape index (κ3) is 6.68. The second kappa shape index (κ2) is 11.8. The monoisotopic (exact) mass is 522 g/mol. The van der Waals surface area contributed by atoms with Gasteiger partial charge in [0.1, 0.15) is 23.0 Å². The Balaban J connectivity index is 0.000000266. The van der Waals surface area contributed by atoms with Crippen LogP contribution in [0.25, 0.3) is 0 Å². The van der Waals surface area contributed by atoms with Gasteiger partial charge in [-0.3, -0.25) is 4.79 Å². The first kappa shape index (κ1) is 28.2. The molecule has 0 radical (unpaired) electrons. The molecule has 10 heteroatoms. The van der Waals surface area contributed by atoms with Gasteiger partial charge in [-0.1, -0.05) is 19.1 Å². The number of halogens is 3. The number of allylic oxidation sites excluding steroid dienone is 1. The standard InChI is InChI=1S/C19H26N2O4.C8H7F3O/c1-6-15-18-13(9-14(23-4)10-16(18)24-5)7-8-21(15)19(22)17-11(2)20-25-12(17)3;1-6-3-2-4-7(5-6)12-8(9,10)11/h9-11,15,20H,6-8H2,1-5H3;2-5H,1H3. The van der Waals surface area contributed by atoms with Gasteiger partial charge in [0.2, 0.25) is 0 Å². The summed E-state index contributed by atoms with van der Waals surface area (Å²) in [5, 5.41) is 0. The fourth-order valence-corrected chi connectivity index (χ4v) is 4.65. The fourth-order valence-electron chi connectivity index (χ4n) is 4.65. The van der Waals surface area contributed by atoms with Gasteiger partial charge in [0.05, 0.1) is 31.9 Å². The van der Waals surface area contributed by atoms with Crippen LogP contribution in [-0.2, 0) is 16.1 Å². The van der Waals surface area contributed by atoms with Crippen molar-refractivity contribution in [3.05, 3.63) is 64.4 Å². The second-order valence-corrected chi connectivity index (χ2v) is 8.85. The molecule has 2 aliphatic heterocycles. The molecular weight excluding hydrogens is 489 g/mol. The van der Waals surface area contributed by atoms with Crippen LogP contribution in [0.2, 0.25) is 0 Å². The average molecular weight is 523 g/mol. The molecule has 1 N–H and O–H groups in total. The van der Waals surface area contributed by atoms with Gasteiger partial charge in [-0.05, 0) is 62.9 Å².